The van der Waals surface area contributed by atoms with Gasteiger partial charge in [0.05, 0.1) is 0 Å². The summed E-state index contributed by atoms with van der Waals surface area (Å²) in [6, 6.07) is 7.05. The second-order valence-electron chi connectivity index (χ2n) is 7.42. The van der Waals surface area contributed by atoms with Gasteiger partial charge in [0.15, 0.2) is 0 Å². The predicted octanol–water partition coefficient (Wildman–Crippen LogP) is 7.60. The maximum absolute atomic E-state index is 2.41. The van der Waals surface area contributed by atoms with E-state index in [1.54, 1.807) is 38.6 Å². The molecule has 2 rings (SSSR count). The van der Waals surface area contributed by atoms with Crippen molar-refractivity contribution in [2.75, 3.05) is 0 Å². The lowest BCUT2D eigenvalue weighted by atomic mass is 9.81. The maximum atomic E-state index is 2.41. The molecule has 2 aromatic carbocycles. The molecule has 0 aliphatic rings. The van der Waals surface area contributed by atoms with Gasteiger partial charge in [-0.15, -0.1) is 0 Å². The van der Waals surface area contributed by atoms with E-state index in [0.717, 1.165) is 12.8 Å². The van der Waals surface area contributed by atoms with E-state index in [2.05, 4.69) is 52.8 Å². The highest BCUT2D eigenvalue weighted by molar-refractivity contribution is 5.94. The second-order valence-corrected chi connectivity index (χ2v) is 7.42. The average Bonchev–Trinajstić information content (AvgIpc) is 2.64. The molecule has 0 radical (unpaired) electrons. The van der Waals surface area contributed by atoms with Crippen molar-refractivity contribution in [2.45, 2.75) is 98.8 Å². The number of hydrogen-bond donors (Lipinski definition) is 0. The van der Waals surface area contributed by atoms with E-state index >= 15 is 0 Å². The van der Waals surface area contributed by atoms with Gasteiger partial charge in [-0.1, -0.05) is 72.1 Å². The van der Waals surface area contributed by atoms with Gasteiger partial charge in [0.25, 0.3) is 0 Å². The first-order valence-corrected chi connectivity index (χ1v) is 10.8. The van der Waals surface area contributed by atoms with Crippen LogP contribution in [0.1, 0.15) is 94.5 Å². The third kappa shape index (κ3) is 4.27. The molecule has 138 valence electrons. The van der Waals surface area contributed by atoms with E-state index in [1.165, 1.54) is 51.4 Å². The van der Waals surface area contributed by atoms with Crippen LogP contribution < -0.4 is 0 Å². The van der Waals surface area contributed by atoms with Crippen molar-refractivity contribution in [3.05, 3.63) is 46.0 Å². The van der Waals surface area contributed by atoms with Gasteiger partial charge in [0.2, 0.25) is 0 Å². The lowest BCUT2D eigenvalue weighted by Gasteiger charge is -2.24. The number of benzene rings is 2. The Morgan fingerprint density at radius 1 is 0.600 bits per heavy atom. The normalized spacial score (nSPS) is 11.4. The van der Waals surface area contributed by atoms with Gasteiger partial charge in [0, 0.05) is 0 Å². The molecule has 0 unspecified atom stereocenters. The Labute approximate surface area is 156 Å². The van der Waals surface area contributed by atoms with Crippen molar-refractivity contribution in [1.82, 2.24) is 0 Å². The Hall–Kier alpha value is -1.30. The molecule has 0 amide bonds. The van der Waals surface area contributed by atoms with E-state index in [-0.39, 0.29) is 0 Å². The minimum Gasteiger partial charge on any atom is -0.0654 e. The first-order valence-electron chi connectivity index (χ1n) is 10.8. The first-order chi connectivity index (χ1) is 12.2. The molecule has 0 saturated heterocycles. The van der Waals surface area contributed by atoms with Crippen LogP contribution in [0, 0.1) is 0 Å². The Kier molecular flexibility index (Phi) is 8.00. The number of rotatable bonds is 10. The fourth-order valence-electron chi connectivity index (χ4n) is 4.42. The SMILES string of the molecule is CCCCc1c(CCC)c(CC)c2c(CC)cccc2c1CCCC. The third-order valence-electron chi connectivity index (χ3n) is 5.67. The van der Waals surface area contributed by atoms with Gasteiger partial charge >= 0.3 is 0 Å². The number of fused-ring (bicyclic) bond motifs is 1. The minimum atomic E-state index is 1.14. The van der Waals surface area contributed by atoms with E-state index in [9.17, 15) is 0 Å². The van der Waals surface area contributed by atoms with Crippen molar-refractivity contribution in [1.29, 1.82) is 0 Å². The molecule has 0 spiro atoms. The van der Waals surface area contributed by atoms with Crippen molar-refractivity contribution in [2.24, 2.45) is 0 Å². The minimum absolute atomic E-state index is 1.14. The van der Waals surface area contributed by atoms with Crippen molar-refractivity contribution >= 4 is 10.8 Å². The molecule has 0 heteroatoms. The third-order valence-corrected chi connectivity index (χ3v) is 5.67. The summed E-state index contributed by atoms with van der Waals surface area (Å²) >= 11 is 0. The zero-order valence-corrected chi connectivity index (χ0v) is 17.3. The van der Waals surface area contributed by atoms with Gasteiger partial charge in [-0.05, 0) is 83.5 Å². The highest BCUT2D eigenvalue weighted by Crippen LogP contribution is 2.36. The van der Waals surface area contributed by atoms with Crippen LogP contribution in [-0.4, -0.2) is 0 Å². The number of hydrogen-bond acceptors (Lipinski definition) is 0. The Balaban J connectivity index is 2.84. The summed E-state index contributed by atoms with van der Waals surface area (Å²) in [7, 11) is 0. The van der Waals surface area contributed by atoms with Crippen LogP contribution in [0.25, 0.3) is 10.8 Å². The van der Waals surface area contributed by atoms with Crippen molar-refractivity contribution in [3.63, 3.8) is 0 Å². The van der Waals surface area contributed by atoms with Gasteiger partial charge in [-0.2, -0.15) is 0 Å². The fourth-order valence-corrected chi connectivity index (χ4v) is 4.42. The molecule has 0 bridgehead atoms. The van der Waals surface area contributed by atoms with Crippen LogP contribution in [0.15, 0.2) is 18.2 Å². The molecular formula is C25H38. The topological polar surface area (TPSA) is 0 Å². The van der Waals surface area contributed by atoms with Crippen molar-refractivity contribution in [3.8, 4) is 0 Å². The van der Waals surface area contributed by atoms with E-state index < -0.39 is 0 Å². The summed E-state index contributed by atoms with van der Waals surface area (Å²) in [6.45, 7) is 11.6. The van der Waals surface area contributed by atoms with Crippen LogP contribution in [0.5, 0.6) is 0 Å². The zero-order chi connectivity index (χ0) is 18.2. The fraction of sp³-hybridized carbons (Fsp3) is 0.600. The average molecular weight is 339 g/mol. The second kappa shape index (κ2) is 10.00. The molecule has 0 aromatic heterocycles. The lowest BCUT2D eigenvalue weighted by molar-refractivity contribution is 0.747. The molecule has 0 fully saturated rings. The van der Waals surface area contributed by atoms with E-state index in [0.29, 0.717) is 0 Å². The summed E-state index contributed by atoms with van der Waals surface area (Å²) in [4.78, 5) is 0. The molecule has 0 heterocycles. The van der Waals surface area contributed by atoms with Crippen LogP contribution in [0.4, 0.5) is 0 Å². The van der Waals surface area contributed by atoms with Gasteiger partial charge < -0.3 is 0 Å². The van der Waals surface area contributed by atoms with Gasteiger partial charge in [-0.25, -0.2) is 0 Å². The Morgan fingerprint density at radius 2 is 1.24 bits per heavy atom. The first kappa shape index (κ1) is 20.0. The quantitative estimate of drug-likeness (QED) is 0.418. The zero-order valence-electron chi connectivity index (χ0n) is 17.3. The maximum Gasteiger partial charge on any atom is -0.0114 e. The molecule has 0 atom stereocenters. The number of aryl methyl sites for hydroxylation is 3. The molecular weight excluding hydrogens is 300 g/mol. The standard InChI is InChI=1S/C25H38/c1-6-11-16-22-21(14-8-3)20(10-5)25-19(9-4)15-13-18-24(25)23(22)17-12-7-2/h13,15,18H,6-12,14,16-17H2,1-5H3. The molecule has 0 saturated carbocycles. The Morgan fingerprint density at radius 3 is 1.80 bits per heavy atom. The molecule has 0 N–H and O–H groups in total. The summed E-state index contributed by atoms with van der Waals surface area (Å²) in [6.07, 6.45) is 12.5. The Bertz CT molecular complexity index is 678. The molecule has 0 aliphatic carbocycles. The van der Waals surface area contributed by atoms with E-state index in [1.807, 2.05) is 0 Å². The van der Waals surface area contributed by atoms with Crippen LogP contribution >= 0.6 is 0 Å². The molecule has 2 aromatic rings. The largest absolute Gasteiger partial charge is 0.0654 e. The summed E-state index contributed by atoms with van der Waals surface area (Å²) in [5.74, 6) is 0. The van der Waals surface area contributed by atoms with Crippen LogP contribution in [-0.2, 0) is 32.1 Å². The van der Waals surface area contributed by atoms with Gasteiger partial charge in [-0.3, -0.25) is 0 Å². The van der Waals surface area contributed by atoms with Gasteiger partial charge in [0.1, 0.15) is 0 Å². The van der Waals surface area contributed by atoms with E-state index in [4.69, 9.17) is 0 Å². The lowest BCUT2D eigenvalue weighted by Crippen LogP contribution is -2.08. The summed E-state index contributed by atoms with van der Waals surface area (Å²) < 4.78 is 0. The number of unbranched alkanes of at least 4 members (excludes halogenated alkanes) is 2. The monoisotopic (exact) mass is 338 g/mol. The molecule has 0 aliphatic heterocycles. The smallest absolute Gasteiger partial charge is 0.0114 e. The molecule has 25 heavy (non-hydrogen) atoms. The summed E-state index contributed by atoms with van der Waals surface area (Å²) in [5, 5.41) is 3.16. The highest BCUT2D eigenvalue weighted by atomic mass is 14.2. The predicted molar refractivity (Wildman–Crippen MR) is 114 cm³/mol. The summed E-state index contributed by atoms with van der Waals surface area (Å²) in [5.41, 5.74) is 8.31. The van der Waals surface area contributed by atoms with Crippen molar-refractivity contribution < 1.29 is 0 Å². The highest BCUT2D eigenvalue weighted by Gasteiger charge is 2.19. The van der Waals surface area contributed by atoms with Crippen LogP contribution in [0.2, 0.25) is 0 Å². The molecule has 0 nitrogen and oxygen atoms in total. The van der Waals surface area contributed by atoms with Crippen LogP contribution in [0.3, 0.4) is 0 Å².